The Hall–Kier alpha value is -3.29. The van der Waals surface area contributed by atoms with E-state index in [0.29, 0.717) is 5.56 Å². The molecule has 1 aliphatic rings. The van der Waals surface area contributed by atoms with Gasteiger partial charge in [-0.25, -0.2) is 18.5 Å². The lowest BCUT2D eigenvalue weighted by Crippen LogP contribution is -2.40. The first-order chi connectivity index (χ1) is 12.5. The molecule has 1 fully saturated rings. The molecule has 3 amide bonds. The van der Waals surface area contributed by atoms with Gasteiger partial charge in [0, 0.05) is 5.56 Å². The molecule has 1 N–H and O–H groups in total. The quantitative estimate of drug-likeness (QED) is 0.889. The molecule has 1 atom stereocenters. The van der Waals surface area contributed by atoms with Crippen LogP contribution < -0.4 is 5.32 Å². The molecule has 0 saturated carbocycles. The molecule has 1 saturated heterocycles. The summed E-state index contributed by atoms with van der Waals surface area (Å²) in [5.74, 6) is -3.39. The van der Waals surface area contributed by atoms with Crippen molar-refractivity contribution in [2.75, 3.05) is 13.2 Å². The lowest BCUT2D eigenvalue weighted by Gasteiger charge is -2.23. The molecule has 0 radical (unpaired) electrons. The van der Waals surface area contributed by atoms with Crippen molar-refractivity contribution in [3.63, 3.8) is 0 Å². The fraction of sp³-hybridized carbons (Fsp3) is 0.167. The van der Waals surface area contributed by atoms with Crippen LogP contribution in [0.5, 0.6) is 0 Å². The average Bonchev–Trinajstić information content (AvgIpc) is 2.96. The number of amides is 3. The molecule has 0 aliphatic carbocycles. The van der Waals surface area contributed by atoms with Gasteiger partial charge in [-0.3, -0.25) is 9.59 Å². The van der Waals surface area contributed by atoms with Crippen molar-refractivity contribution in [2.45, 2.75) is 6.04 Å². The van der Waals surface area contributed by atoms with Crippen LogP contribution in [0.1, 0.15) is 22.0 Å². The predicted octanol–water partition coefficient (Wildman–Crippen LogP) is 2.41. The zero-order valence-corrected chi connectivity index (χ0v) is 13.4. The number of nitrogens with zero attached hydrogens (tertiary/aromatic N) is 1. The molecule has 2 aromatic carbocycles. The number of carbonyl (C=O) groups excluding carboxylic acids is 3. The van der Waals surface area contributed by atoms with Crippen molar-refractivity contribution in [3.8, 4) is 0 Å². The van der Waals surface area contributed by atoms with Crippen molar-refractivity contribution < 1.29 is 27.9 Å². The van der Waals surface area contributed by atoms with Crippen LogP contribution >= 0.6 is 0 Å². The maximum Gasteiger partial charge on any atom is 0.417 e. The molecule has 3 rings (SSSR count). The molecule has 2 aromatic rings. The van der Waals surface area contributed by atoms with E-state index in [4.69, 9.17) is 0 Å². The number of ether oxygens (including phenoxy) is 1. The summed E-state index contributed by atoms with van der Waals surface area (Å²) in [6, 6.07) is 10.7. The maximum atomic E-state index is 13.4. The maximum absolute atomic E-state index is 13.4. The highest BCUT2D eigenvalue weighted by Crippen LogP contribution is 2.18. The van der Waals surface area contributed by atoms with Crippen LogP contribution in [-0.2, 0) is 9.53 Å². The van der Waals surface area contributed by atoms with Gasteiger partial charge in [-0.2, -0.15) is 0 Å². The summed E-state index contributed by atoms with van der Waals surface area (Å²) in [4.78, 5) is 36.7. The lowest BCUT2D eigenvalue weighted by molar-refractivity contribution is -0.126. The summed E-state index contributed by atoms with van der Waals surface area (Å²) in [6.07, 6.45) is -0.794. The molecule has 1 aliphatic heterocycles. The summed E-state index contributed by atoms with van der Waals surface area (Å²) in [6.45, 7) is -0.492. The summed E-state index contributed by atoms with van der Waals surface area (Å²) in [5, 5.41) is 2.63. The Balaban J connectivity index is 1.83. The number of imide groups is 1. The average molecular weight is 360 g/mol. The highest BCUT2D eigenvalue weighted by atomic mass is 19.2. The van der Waals surface area contributed by atoms with Gasteiger partial charge in [-0.05, 0) is 23.8 Å². The highest BCUT2D eigenvalue weighted by Gasteiger charge is 2.33. The molecule has 26 heavy (non-hydrogen) atoms. The Bertz CT molecular complexity index is 842. The first-order valence-corrected chi connectivity index (χ1v) is 7.73. The summed E-state index contributed by atoms with van der Waals surface area (Å²) in [5.41, 5.74) is 0.552. The van der Waals surface area contributed by atoms with E-state index in [0.717, 1.165) is 23.1 Å². The van der Waals surface area contributed by atoms with Gasteiger partial charge >= 0.3 is 6.09 Å². The van der Waals surface area contributed by atoms with E-state index < -0.39 is 35.6 Å². The Morgan fingerprint density at radius 1 is 1.12 bits per heavy atom. The van der Waals surface area contributed by atoms with Crippen molar-refractivity contribution in [1.29, 1.82) is 0 Å². The standard InChI is InChI=1S/C18H14F2N2O4/c19-13-7-6-12(8-14(13)20)17(24)21-15(11-4-2-1-3-5-11)9-22-16(23)10-26-18(22)25/h1-8,15H,9-10H2,(H,21,24). The Labute approximate surface area is 147 Å². The van der Waals surface area contributed by atoms with Crippen molar-refractivity contribution in [3.05, 3.63) is 71.3 Å². The first kappa shape index (κ1) is 17.5. The molecule has 8 heteroatoms. The lowest BCUT2D eigenvalue weighted by atomic mass is 10.1. The van der Waals surface area contributed by atoms with E-state index in [1.807, 2.05) is 0 Å². The number of benzene rings is 2. The van der Waals surface area contributed by atoms with Gasteiger partial charge in [0.25, 0.3) is 11.8 Å². The second-order valence-electron chi connectivity index (χ2n) is 5.62. The van der Waals surface area contributed by atoms with E-state index in [-0.39, 0.29) is 18.7 Å². The molecule has 0 bridgehead atoms. The topological polar surface area (TPSA) is 75.7 Å². The minimum atomic E-state index is -1.15. The van der Waals surface area contributed by atoms with E-state index in [9.17, 15) is 23.2 Å². The minimum Gasteiger partial charge on any atom is -0.439 e. The van der Waals surface area contributed by atoms with Gasteiger partial charge in [0.1, 0.15) is 0 Å². The van der Waals surface area contributed by atoms with Crippen molar-refractivity contribution >= 4 is 17.9 Å². The fourth-order valence-electron chi connectivity index (χ4n) is 2.54. The van der Waals surface area contributed by atoms with Crippen LogP contribution in [0, 0.1) is 11.6 Å². The van der Waals surface area contributed by atoms with Crippen LogP contribution in [0.4, 0.5) is 13.6 Å². The number of hydrogen-bond donors (Lipinski definition) is 1. The highest BCUT2D eigenvalue weighted by molar-refractivity contribution is 5.98. The predicted molar refractivity (Wildman–Crippen MR) is 86.1 cm³/mol. The monoisotopic (exact) mass is 360 g/mol. The largest absolute Gasteiger partial charge is 0.439 e. The zero-order chi connectivity index (χ0) is 18.7. The van der Waals surface area contributed by atoms with Gasteiger partial charge < -0.3 is 10.1 Å². The first-order valence-electron chi connectivity index (χ1n) is 7.73. The number of carbonyl (C=O) groups is 3. The van der Waals surface area contributed by atoms with Gasteiger partial charge in [0.05, 0.1) is 12.6 Å². The van der Waals surface area contributed by atoms with Crippen LogP contribution in [-0.4, -0.2) is 36.0 Å². The Kier molecular flexibility index (Phi) is 4.92. The Morgan fingerprint density at radius 2 is 1.85 bits per heavy atom. The van der Waals surface area contributed by atoms with Gasteiger partial charge in [0.2, 0.25) is 0 Å². The second kappa shape index (κ2) is 7.30. The third-order valence-corrected chi connectivity index (χ3v) is 3.89. The van der Waals surface area contributed by atoms with Gasteiger partial charge in [-0.1, -0.05) is 30.3 Å². The molecule has 6 nitrogen and oxygen atoms in total. The SMILES string of the molecule is O=C(NC(CN1C(=O)COC1=O)c1ccccc1)c1ccc(F)c(F)c1. The van der Waals surface area contributed by atoms with E-state index in [1.165, 1.54) is 0 Å². The molecule has 0 aromatic heterocycles. The summed E-state index contributed by atoms with van der Waals surface area (Å²) in [7, 11) is 0. The third kappa shape index (κ3) is 3.69. The number of hydrogen-bond acceptors (Lipinski definition) is 4. The molecule has 1 unspecified atom stereocenters. The van der Waals surface area contributed by atoms with Crippen LogP contribution in [0.15, 0.2) is 48.5 Å². The van der Waals surface area contributed by atoms with Crippen LogP contribution in [0.3, 0.4) is 0 Å². The number of cyclic esters (lactones) is 1. The van der Waals surface area contributed by atoms with E-state index in [2.05, 4.69) is 10.1 Å². The fourth-order valence-corrected chi connectivity index (χ4v) is 2.54. The Morgan fingerprint density at radius 3 is 2.46 bits per heavy atom. The molecule has 134 valence electrons. The number of nitrogens with one attached hydrogen (secondary N) is 1. The summed E-state index contributed by atoms with van der Waals surface area (Å²) < 4.78 is 31.1. The minimum absolute atomic E-state index is 0.0832. The number of halogens is 2. The van der Waals surface area contributed by atoms with E-state index >= 15 is 0 Å². The van der Waals surface area contributed by atoms with Crippen molar-refractivity contribution in [1.82, 2.24) is 10.2 Å². The molecule has 0 spiro atoms. The van der Waals surface area contributed by atoms with Gasteiger partial charge in [-0.15, -0.1) is 0 Å². The number of rotatable bonds is 5. The summed E-state index contributed by atoms with van der Waals surface area (Å²) >= 11 is 0. The molecular formula is C18H14F2N2O4. The molecule has 1 heterocycles. The second-order valence-corrected chi connectivity index (χ2v) is 5.62. The van der Waals surface area contributed by atoms with Crippen molar-refractivity contribution in [2.24, 2.45) is 0 Å². The third-order valence-electron chi connectivity index (χ3n) is 3.89. The van der Waals surface area contributed by atoms with Crippen LogP contribution in [0.25, 0.3) is 0 Å². The zero-order valence-electron chi connectivity index (χ0n) is 13.4. The van der Waals surface area contributed by atoms with E-state index in [1.54, 1.807) is 30.3 Å². The van der Waals surface area contributed by atoms with Crippen LogP contribution in [0.2, 0.25) is 0 Å². The van der Waals surface area contributed by atoms with Gasteiger partial charge in [0.15, 0.2) is 18.2 Å². The smallest absolute Gasteiger partial charge is 0.417 e. The normalized spacial score (nSPS) is 14.9. The molecular weight excluding hydrogens is 346 g/mol.